The first-order valence-electron chi connectivity index (χ1n) is 7.32. The van der Waals surface area contributed by atoms with Gasteiger partial charge in [-0.25, -0.2) is 0 Å². The van der Waals surface area contributed by atoms with Gasteiger partial charge in [-0.3, -0.25) is 19.2 Å². The fraction of sp³-hybridized carbons (Fsp3) is 0.235. The predicted molar refractivity (Wildman–Crippen MR) is 81.7 cm³/mol. The lowest BCUT2D eigenvalue weighted by atomic mass is 9.95. The normalized spacial score (nSPS) is 13.5. The third kappa shape index (κ3) is 2.68. The van der Waals surface area contributed by atoms with E-state index in [1.54, 1.807) is 31.2 Å². The summed E-state index contributed by atoms with van der Waals surface area (Å²) in [5.41, 5.74) is 0.822. The first-order chi connectivity index (χ1) is 11.1. The second-order valence-electron chi connectivity index (χ2n) is 5.00. The van der Waals surface area contributed by atoms with Crippen molar-refractivity contribution >= 4 is 28.6 Å². The van der Waals surface area contributed by atoms with Gasteiger partial charge in [0.1, 0.15) is 0 Å². The number of carbonyl (C=O) groups excluding carboxylic acids is 3. The molecule has 0 aliphatic carbocycles. The van der Waals surface area contributed by atoms with Crippen LogP contribution in [0.4, 0.5) is 0 Å². The van der Waals surface area contributed by atoms with Crippen molar-refractivity contribution in [3.05, 3.63) is 47.5 Å². The van der Waals surface area contributed by atoms with Gasteiger partial charge in [0.05, 0.1) is 30.8 Å². The maximum absolute atomic E-state index is 12.5. The summed E-state index contributed by atoms with van der Waals surface area (Å²) in [6.45, 7) is 1.87. The minimum absolute atomic E-state index is 0.0310. The molecule has 0 N–H and O–H groups in total. The molecule has 1 heterocycles. The highest BCUT2D eigenvalue weighted by Crippen LogP contribution is 2.29. The zero-order valence-electron chi connectivity index (χ0n) is 12.6. The number of nitrogens with zero attached hydrogens (tertiary/aromatic N) is 1. The van der Waals surface area contributed by atoms with Crippen molar-refractivity contribution < 1.29 is 24.0 Å². The van der Waals surface area contributed by atoms with Gasteiger partial charge in [0.15, 0.2) is 0 Å². The van der Waals surface area contributed by atoms with Crippen molar-refractivity contribution in [1.82, 2.24) is 5.06 Å². The summed E-state index contributed by atoms with van der Waals surface area (Å²) in [5, 5.41) is 2.18. The number of rotatable bonds is 5. The van der Waals surface area contributed by atoms with Crippen molar-refractivity contribution in [3.63, 3.8) is 0 Å². The average molecular weight is 313 g/mol. The van der Waals surface area contributed by atoms with E-state index in [-0.39, 0.29) is 19.6 Å². The molecule has 0 bridgehead atoms. The summed E-state index contributed by atoms with van der Waals surface area (Å²) in [7, 11) is 0. The Hall–Kier alpha value is -2.73. The van der Waals surface area contributed by atoms with E-state index in [4.69, 9.17) is 9.57 Å². The number of ether oxygens (including phenoxy) is 1. The lowest BCUT2D eigenvalue weighted by molar-refractivity contribution is -0.148. The van der Waals surface area contributed by atoms with Gasteiger partial charge in [-0.2, -0.15) is 0 Å². The van der Waals surface area contributed by atoms with Gasteiger partial charge in [0, 0.05) is 5.39 Å². The summed E-state index contributed by atoms with van der Waals surface area (Å²) in [4.78, 5) is 41.5. The van der Waals surface area contributed by atoms with Crippen LogP contribution < -0.4 is 0 Å². The van der Waals surface area contributed by atoms with Crippen LogP contribution in [0.2, 0.25) is 0 Å². The fourth-order valence-corrected chi connectivity index (χ4v) is 2.58. The topological polar surface area (TPSA) is 72.9 Å². The Morgan fingerprint density at radius 2 is 1.65 bits per heavy atom. The molecule has 0 saturated heterocycles. The highest BCUT2D eigenvalue weighted by molar-refractivity contribution is 6.24. The molecule has 2 aromatic rings. The predicted octanol–water partition coefficient (Wildman–Crippen LogP) is 2.32. The number of hydrogen-bond acceptors (Lipinski definition) is 5. The zero-order chi connectivity index (χ0) is 16.4. The molecule has 23 heavy (non-hydrogen) atoms. The van der Waals surface area contributed by atoms with Crippen LogP contribution in [0.3, 0.4) is 0 Å². The van der Waals surface area contributed by atoms with Crippen molar-refractivity contribution in [3.8, 4) is 0 Å². The van der Waals surface area contributed by atoms with Crippen LogP contribution in [-0.4, -0.2) is 36.1 Å². The van der Waals surface area contributed by atoms with Crippen LogP contribution >= 0.6 is 0 Å². The van der Waals surface area contributed by atoms with Crippen LogP contribution in [0.1, 0.15) is 34.1 Å². The Balaban J connectivity index is 1.84. The van der Waals surface area contributed by atoms with Crippen molar-refractivity contribution in [2.45, 2.75) is 13.3 Å². The number of carbonyl (C=O) groups is 3. The Morgan fingerprint density at radius 1 is 1.04 bits per heavy atom. The highest BCUT2D eigenvalue weighted by atomic mass is 16.7. The fourth-order valence-electron chi connectivity index (χ4n) is 2.58. The van der Waals surface area contributed by atoms with Crippen molar-refractivity contribution in [2.75, 3.05) is 13.2 Å². The average Bonchev–Trinajstić information content (AvgIpc) is 2.56. The molecule has 0 radical (unpaired) electrons. The lowest BCUT2D eigenvalue weighted by Crippen LogP contribution is -2.40. The maximum Gasteiger partial charge on any atom is 0.308 e. The van der Waals surface area contributed by atoms with Crippen LogP contribution in [0.15, 0.2) is 36.4 Å². The Morgan fingerprint density at radius 3 is 2.22 bits per heavy atom. The molecule has 1 aliphatic heterocycles. The summed E-state index contributed by atoms with van der Waals surface area (Å²) in [6.07, 6.45) is -0.0310. The molecule has 2 amide bonds. The van der Waals surface area contributed by atoms with Gasteiger partial charge in [-0.1, -0.05) is 24.3 Å². The molecule has 0 atom stereocenters. The van der Waals surface area contributed by atoms with E-state index in [1.165, 1.54) is 0 Å². The monoisotopic (exact) mass is 313 g/mol. The van der Waals surface area contributed by atoms with Crippen LogP contribution in [-0.2, 0) is 14.4 Å². The molecule has 0 aromatic heterocycles. The highest BCUT2D eigenvalue weighted by Gasteiger charge is 2.33. The van der Waals surface area contributed by atoms with E-state index < -0.39 is 17.8 Å². The second-order valence-corrected chi connectivity index (χ2v) is 5.00. The molecule has 0 fully saturated rings. The number of imide groups is 1. The molecule has 2 aromatic carbocycles. The lowest BCUT2D eigenvalue weighted by Gasteiger charge is -2.25. The summed E-state index contributed by atoms with van der Waals surface area (Å²) < 4.78 is 4.78. The van der Waals surface area contributed by atoms with Gasteiger partial charge >= 0.3 is 5.97 Å². The van der Waals surface area contributed by atoms with Crippen LogP contribution in [0.25, 0.3) is 10.8 Å². The molecule has 1 aliphatic rings. The van der Waals surface area contributed by atoms with E-state index in [1.807, 2.05) is 12.1 Å². The Kier molecular flexibility index (Phi) is 4.08. The number of benzene rings is 2. The zero-order valence-corrected chi connectivity index (χ0v) is 12.6. The molecule has 0 spiro atoms. The molecule has 118 valence electrons. The van der Waals surface area contributed by atoms with Crippen molar-refractivity contribution in [1.29, 1.82) is 0 Å². The van der Waals surface area contributed by atoms with E-state index in [2.05, 4.69) is 0 Å². The number of hydroxylamine groups is 2. The van der Waals surface area contributed by atoms with Gasteiger partial charge in [0.25, 0.3) is 11.8 Å². The number of amides is 2. The smallest absolute Gasteiger partial charge is 0.308 e. The molecule has 6 heteroatoms. The van der Waals surface area contributed by atoms with Gasteiger partial charge in [-0.15, -0.1) is 5.06 Å². The molecular weight excluding hydrogens is 298 g/mol. The molecule has 0 saturated carbocycles. The van der Waals surface area contributed by atoms with Gasteiger partial charge in [-0.05, 0) is 24.4 Å². The maximum atomic E-state index is 12.5. The largest absolute Gasteiger partial charge is 0.466 e. The third-order valence-electron chi connectivity index (χ3n) is 3.57. The number of esters is 1. The van der Waals surface area contributed by atoms with Crippen LogP contribution in [0.5, 0.6) is 0 Å². The minimum atomic E-state index is -0.525. The minimum Gasteiger partial charge on any atom is -0.466 e. The Labute approximate surface area is 132 Å². The SMILES string of the molecule is CCOC(=O)CCON1C(=O)c2cccc3cccc(c23)C1=O. The van der Waals surface area contributed by atoms with Crippen molar-refractivity contribution in [2.24, 2.45) is 0 Å². The third-order valence-corrected chi connectivity index (χ3v) is 3.57. The van der Waals surface area contributed by atoms with E-state index in [0.717, 1.165) is 10.4 Å². The molecule has 0 unspecified atom stereocenters. The van der Waals surface area contributed by atoms with Gasteiger partial charge < -0.3 is 4.74 Å². The summed E-state index contributed by atoms with van der Waals surface area (Å²) in [5.74, 6) is -1.49. The standard InChI is InChI=1S/C17H15NO5/c1-2-22-14(19)9-10-23-18-16(20)12-7-3-5-11-6-4-8-13(15(11)12)17(18)21/h3-8H,2,9-10H2,1H3. The molecule has 3 rings (SSSR count). The summed E-state index contributed by atoms with van der Waals surface area (Å²) >= 11 is 0. The number of hydrogen-bond donors (Lipinski definition) is 0. The van der Waals surface area contributed by atoms with Gasteiger partial charge in [0.2, 0.25) is 0 Å². The molecule has 6 nitrogen and oxygen atoms in total. The quantitative estimate of drug-likeness (QED) is 0.625. The van der Waals surface area contributed by atoms with Crippen LogP contribution in [0, 0.1) is 0 Å². The second kappa shape index (κ2) is 6.18. The van der Waals surface area contributed by atoms with E-state index in [9.17, 15) is 14.4 Å². The Bertz CT molecular complexity index is 748. The first-order valence-corrected chi connectivity index (χ1v) is 7.32. The first kappa shape index (κ1) is 15.2. The molecular formula is C17H15NO5. The summed E-state index contributed by atoms with van der Waals surface area (Å²) in [6, 6.07) is 10.5. The van der Waals surface area contributed by atoms with E-state index in [0.29, 0.717) is 16.5 Å². The van der Waals surface area contributed by atoms with E-state index >= 15 is 0 Å².